The van der Waals surface area contributed by atoms with Crippen LogP contribution in [0.15, 0.2) is 24.3 Å². The van der Waals surface area contributed by atoms with E-state index in [4.69, 9.17) is 0 Å². The second-order valence-electron chi connectivity index (χ2n) is 5.99. The van der Waals surface area contributed by atoms with Gasteiger partial charge in [0.2, 0.25) is 11.9 Å². The van der Waals surface area contributed by atoms with Gasteiger partial charge in [-0.15, -0.1) is 0 Å². The summed E-state index contributed by atoms with van der Waals surface area (Å²) in [5, 5.41) is 6.01. The topological polar surface area (TPSA) is 59.0 Å². The molecule has 0 unspecified atom stereocenters. The zero-order valence-electron chi connectivity index (χ0n) is 13.1. The minimum Gasteiger partial charge on any atom is -0.319 e. The summed E-state index contributed by atoms with van der Waals surface area (Å²) in [5.74, 6) is 0.718. The fourth-order valence-electron chi connectivity index (χ4n) is 3.27. The average molecular weight is 300 g/mol. The number of imidazole rings is 1. The zero-order valence-corrected chi connectivity index (χ0v) is 13.1. The lowest BCUT2D eigenvalue weighted by molar-refractivity contribution is -0.116. The van der Waals surface area contributed by atoms with Crippen LogP contribution in [-0.4, -0.2) is 29.1 Å². The first-order valence-corrected chi connectivity index (χ1v) is 8.21. The summed E-state index contributed by atoms with van der Waals surface area (Å²) in [7, 11) is 1.85. The van der Waals surface area contributed by atoms with Crippen molar-refractivity contribution in [2.24, 2.45) is 0 Å². The van der Waals surface area contributed by atoms with E-state index in [0.717, 1.165) is 11.0 Å². The van der Waals surface area contributed by atoms with E-state index in [9.17, 15) is 4.79 Å². The van der Waals surface area contributed by atoms with Crippen LogP contribution < -0.4 is 10.6 Å². The van der Waals surface area contributed by atoms with Gasteiger partial charge in [-0.25, -0.2) is 4.98 Å². The Kier molecular flexibility index (Phi) is 4.73. The fourth-order valence-corrected chi connectivity index (χ4v) is 3.27. The third-order valence-corrected chi connectivity index (χ3v) is 4.39. The van der Waals surface area contributed by atoms with E-state index >= 15 is 0 Å². The van der Waals surface area contributed by atoms with Gasteiger partial charge in [0.15, 0.2) is 0 Å². The van der Waals surface area contributed by atoms with Crippen LogP contribution in [0, 0.1) is 0 Å². The molecule has 0 radical (unpaired) electrons. The fraction of sp³-hybridized carbons (Fsp3) is 0.529. The summed E-state index contributed by atoms with van der Waals surface area (Å²) in [6.07, 6.45) is 6.62. The summed E-state index contributed by atoms with van der Waals surface area (Å²) >= 11 is 0. The number of rotatable bonds is 5. The van der Waals surface area contributed by atoms with E-state index in [-0.39, 0.29) is 5.91 Å². The van der Waals surface area contributed by atoms with Crippen molar-refractivity contribution < 1.29 is 4.79 Å². The Hall–Kier alpha value is -1.88. The normalized spacial score (nSPS) is 16.0. The van der Waals surface area contributed by atoms with Gasteiger partial charge >= 0.3 is 0 Å². The first-order valence-electron chi connectivity index (χ1n) is 8.21. The van der Waals surface area contributed by atoms with Crippen molar-refractivity contribution in [1.82, 2.24) is 14.9 Å². The third-order valence-electron chi connectivity index (χ3n) is 4.39. The Morgan fingerprint density at radius 1 is 1.27 bits per heavy atom. The van der Waals surface area contributed by atoms with Crippen molar-refractivity contribution in [3.8, 4) is 0 Å². The first-order chi connectivity index (χ1) is 10.8. The molecule has 0 saturated heterocycles. The molecular formula is C17H24N4O. The van der Waals surface area contributed by atoms with E-state index in [1.54, 1.807) is 0 Å². The van der Waals surface area contributed by atoms with Gasteiger partial charge in [0.05, 0.1) is 11.0 Å². The molecule has 1 amide bonds. The highest BCUT2D eigenvalue weighted by Gasteiger charge is 2.22. The summed E-state index contributed by atoms with van der Waals surface area (Å²) < 4.78 is 2.24. The quantitative estimate of drug-likeness (QED) is 0.892. The van der Waals surface area contributed by atoms with Gasteiger partial charge in [-0.2, -0.15) is 0 Å². The lowest BCUT2D eigenvalue weighted by Crippen LogP contribution is -2.22. The number of nitrogens with zero attached hydrogens (tertiary/aromatic N) is 2. The molecule has 1 heterocycles. The highest BCUT2D eigenvalue weighted by molar-refractivity contribution is 5.91. The second kappa shape index (κ2) is 6.92. The van der Waals surface area contributed by atoms with Crippen LogP contribution in [-0.2, 0) is 4.79 Å². The minimum absolute atomic E-state index is 0.0155. The smallest absolute Gasteiger partial charge is 0.227 e. The number of aromatic nitrogens is 2. The number of benzene rings is 1. The molecule has 1 aromatic heterocycles. The number of amides is 1. The SMILES string of the molecule is CNCCC(=O)Nc1nc2ccccc2n1C1CCCCC1. The van der Waals surface area contributed by atoms with Crippen molar-refractivity contribution >= 4 is 22.9 Å². The lowest BCUT2D eigenvalue weighted by atomic mass is 9.95. The number of para-hydroxylation sites is 2. The number of fused-ring (bicyclic) bond motifs is 1. The van der Waals surface area contributed by atoms with Gasteiger partial charge in [-0.05, 0) is 32.0 Å². The second-order valence-corrected chi connectivity index (χ2v) is 5.99. The summed E-state index contributed by atoms with van der Waals surface area (Å²) in [4.78, 5) is 16.7. The standard InChI is InChI=1S/C17H24N4O/c1-18-12-11-16(22)20-17-19-14-9-5-6-10-15(14)21(17)13-7-3-2-4-8-13/h5-6,9-10,13,18H,2-4,7-8,11-12H2,1H3,(H,19,20,22). The minimum atomic E-state index is 0.0155. The Labute approximate surface area is 131 Å². The van der Waals surface area contributed by atoms with Gasteiger partial charge in [0.1, 0.15) is 0 Å². The molecule has 118 valence electrons. The van der Waals surface area contributed by atoms with E-state index in [1.807, 2.05) is 25.2 Å². The number of carbonyl (C=O) groups is 1. The van der Waals surface area contributed by atoms with E-state index in [2.05, 4.69) is 26.3 Å². The molecule has 0 spiro atoms. The molecule has 1 aliphatic carbocycles. The van der Waals surface area contributed by atoms with Crippen LogP contribution in [0.3, 0.4) is 0 Å². The molecule has 3 rings (SSSR count). The lowest BCUT2D eigenvalue weighted by Gasteiger charge is -2.25. The molecule has 1 fully saturated rings. The first kappa shape index (κ1) is 15.0. The summed E-state index contributed by atoms with van der Waals surface area (Å²) in [6, 6.07) is 8.59. The molecule has 22 heavy (non-hydrogen) atoms. The van der Waals surface area contributed by atoms with E-state index in [1.165, 1.54) is 32.1 Å². The number of hydrogen-bond acceptors (Lipinski definition) is 3. The maximum absolute atomic E-state index is 12.1. The van der Waals surface area contributed by atoms with Crippen LogP contribution in [0.4, 0.5) is 5.95 Å². The number of nitrogens with one attached hydrogen (secondary N) is 2. The van der Waals surface area contributed by atoms with Crippen molar-refractivity contribution in [1.29, 1.82) is 0 Å². The Morgan fingerprint density at radius 2 is 2.05 bits per heavy atom. The molecule has 2 aromatic rings. The summed E-state index contributed by atoms with van der Waals surface area (Å²) in [5.41, 5.74) is 2.08. The zero-order chi connectivity index (χ0) is 15.4. The van der Waals surface area contributed by atoms with Gasteiger partial charge in [-0.1, -0.05) is 31.4 Å². The average Bonchev–Trinajstić information content (AvgIpc) is 2.91. The largest absolute Gasteiger partial charge is 0.319 e. The Morgan fingerprint density at radius 3 is 2.82 bits per heavy atom. The van der Waals surface area contributed by atoms with E-state index < -0.39 is 0 Å². The van der Waals surface area contributed by atoms with Crippen molar-refractivity contribution in [2.45, 2.75) is 44.6 Å². The molecule has 2 N–H and O–H groups in total. The number of hydrogen-bond donors (Lipinski definition) is 2. The van der Waals surface area contributed by atoms with Gasteiger partial charge in [0.25, 0.3) is 0 Å². The Bertz CT molecular complexity index is 643. The molecule has 1 saturated carbocycles. The third kappa shape index (κ3) is 3.14. The van der Waals surface area contributed by atoms with Gasteiger partial charge in [0, 0.05) is 19.0 Å². The molecule has 0 bridgehead atoms. The molecule has 1 aliphatic rings. The Balaban J connectivity index is 1.92. The van der Waals surface area contributed by atoms with Crippen LogP contribution in [0.25, 0.3) is 11.0 Å². The van der Waals surface area contributed by atoms with Crippen LogP contribution in [0.5, 0.6) is 0 Å². The highest BCUT2D eigenvalue weighted by Crippen LogP contribution is 2.34. The number of anilines is 1. The highest BCUT2D eigenvalue weighted by atomic mass is 16.1. The monoisotopic (exact) mass is 300 g/mol. The number of carbonyl (C=O) groups excluding carboxylic acids is 1. The molecule has 0 atom stereocenters. The van der Waals surface area contributed by atoms with E-state index in [0.29, 0.717) is 25.0 Å². The van der Waals surface area contributed by atoms with Crippen LogP contribution in [0.2, 0.25) is 0 Å². The van der Waals surface area contributed by atoms with Crippen molar-refractivity contribution in [2.75, 3.05) is 18.9 Å². The predicted octanol–water partition coefficient (Wildman–Crippen LogP) is 3.09. The predicted molar refractivity (Wildman–Crippen MR) is 89.0 cm³/mol. The van der Waals surface area contributed by atoms with Crippen LogP contribution in [0.1, 0.15) is 44.6 Å². The molecule has 5 nitrogen and oxygen atoms in total. The van der Waals surface area contributed by atoms with Gasteiger partial charge < -0.3 is 9.88 Å². The molecular weight excluding hydrogens is 276 g/mol. The van der Waals surface area contributed by atoms with Crippen molar-refractivity contribution in [3.05, 3.63) is 24.3 Å². The summed E-state index contributed by atoms with van der Waals surface area (Å²) in [6.45, 7) is 0.676. The molecule has 1 aromatic carbocycles. The van der Waals surface area contributed by atoms with Gasteiger partial charge in [-0.3, -0.25) is 10.1 Å². The van der Waals surface area contributed by atoms with Crippen molar-refractivity contribution in [3.63, 3.8) is 0 Å². The maximum atomic E-state index is 12.1. The molecule has 0 aliphatic heterocycles. The molecule has 5 heteroatoms. The van der Waals surface area contributed by atoms with Crippen LogP contribution >= 0.6 is 0 Å². The maximum Gasteiger partial charge on any atom is 0.227 e.